The van der Waals surface area contributed by atoms with Gasteiger partial charge in [-0.25, -0.2) is 4.79 Å². The van der Waals surface area contributed by atoms with E-state index in [1.165, 1.54) is 12.1 Å². The van der Waals surface area contributed by atoms with E-state index in [0.717, 1.165) is 5.56 Å². The number of aromatic carboxylic acids is 1. The summed E-state index contributed by atoms with van der Waals surface area (Å²) in [5.41, 5.74) is 9.14. The van der Waals surface area contributed by atoms with Gasteiger partial charge in [-0.1, -0.05) is 29.4 Å². The zero-order chi connectivity index (χ0) is 11.1. The zero-order valence-corrected chi connectivity index (χ0v) is 7.87. The lowest BCUT2D eigenvalue weighted by Crippen LogP contribution is -1.94. The van der Waals surface area contributed by atoms with Gasteiger partial charge >= 0.3 is 5.97 Å². The van der Waals surface area contributed by atoms with Crippen LogP contribution in [0.3, 0.4) is 0 Å². The molecule has 1 aromatic carbocycles. The van der Waals surface area contributed by atoms with Crippen LogP contribution >= 0.6 is 0 Å². The number of carboxylic acids is 1. The van der Waals surface area contributed by atoms with Gasteiger partial charge in [-0.15, -0.1) is 0 Å². The number of azide groups is 1. The number of nitrogens with zero attached hydrogens (tertiary/aromatic N) is 3. The molecular weight excluding hydrogens is 194 g/mol. The van der Waals surface area contributed by atoms with Crippen molar-refractivity contribution in [1.82, 2.24) is 0 Å². The van der Waals surface area contributed by atoms with Crippen LogP contribution in [0.25, 0.3) is 16.5 Å². The molecule has 0 aliphatic heterocycles. The fourth-order valence-corrected chi connectivity index (χ4v) is 1.01. The van der Waals surface area contributed by atoms with E-state index in [1.807, 2.05) is 0 Å². The largest absolute Gasteiger partial charge is 0.478 e. The predicted molar refractivity (Wildman–Crippen MR) is 56.4 cm³/mol. The number of carboxylic acid groups (broad SMARTS) is 1. The third kappa shape index (κ3) is 3.54. The fourth-order valence-electron chi connectivity index (χ4n) is 1.01. The van der Waals surface area contributed by atoms with Gasteiger partial charge in [-0.3, -0.25) is 0 Å². The molecule has 5 nitrogen and oxygen atoms in total. The highest BCUT2D eigenvalue weighted by molar-refractivity contribution is 5.87. The lowest BCUT2D eigenvalue weighted by Gasteiger charge is -1.95. The van der Waals surface area contributed by atoms with Crippen LogP contribution in [-0.2, 0) is 0 Å². The van der Waals surface area contributed by atoms with Crippen LogP contribution in [0.5, 0.6) is 0 Å². The number of rotatable bonds is 4. The molecule has 0 bridgehead atoms. The number of carbonyl (C=O) groups is 1. The maximum absolute atomic E-state index is 10.5. The Hall–Kier alpha value is -2.26. The quantitative estimate of drug-likeness (QED) is 0.463. The molecule has 76 valence electrons. The number of benzene rings is 1. The van der Waals surface area contributed by atoms with E-state index >= 15 is 0 Å². The van der Waals surface area contributed by atoms with Crippen LogP contribution in [0.2, 0.25) is 0 Å². The number of hydrogen-bond acceptors (Lipinski definition) is 2. The Kier molecular flexibility index (Phi) is 3.94. The van der Waals surface area contributed by atoms with Crippen molar-refractivity contribution in [2.24, 2.45) is 5.11 Å². The van der Waals surface area contributed by atoms with E-state index in [9.17, 15) is 4.79 Å². The van der Waals surface area contributed by atoms with Crippen molar-refractivity contribution < 1.29 is 9.90 Å². The first-order valence-electron chi connectivity index (χ1n) is 4.25. The van der Waals surface area contributed by atoms with Gasteiger partial charge in [0, 0.05) is 11.5 Å². The zero-order valence-electron chi connectivity index (χ0n) is 7.87. The average Bonchev–Trinajstić information content (AvgIpc) is 2.25. The van der Waals surface area contributed by atoms with E-state index in [1.54, 1.807) is 24.3 Å². The van der Waals surface area contributed by atoms with Gasteiger partial charge < -0.3 is 5.11 Å². The molecular formula is C10H9N3O2. The van der Waals surface area contributed by atoms with Crippen LogP contribution in [-0.4, -0.2) is 17.6 Å². The van der Waals surface area contributed by atoms with Crippen LogP contribution in [0.15, 0.2) is 35.5 Å². The smallest absolute Gasteiger partial charge is 0.335 e. The van der Waals surface area contributed by atoms with Gasteiger partial charge in [-0.2, -0.15) is 0 Å². The lowest BCUT2D eigenvalue weighted by molar-refractivity contribution is 0.0697. The molecule has 0 saturated carbocycles. The van der Waals surface area contributed by atoms with Crippen LogP contribution < -0.4 is 0 Å². The lowest BCUT2D eigenvalue weighted by atomic mass is 10.1. The molecule has 0 unspecified atom stereocenters. The second-order valence-electron chi connectivity index (χ2n) is 2.74. The van der Waals surface area contributed by atoms with E-state index in [2.05, 4.69) is 10.0 Å². The Labute approximate surface area is 86.3 Å². The van der Waals surface area contributed by atoms with E-state index in [-0.39, 0.29) is 12.1 Å². The van der Waals surface area contributed by atoms with Gasteiger partial charge in [0.2, 0.25) is 0 Å². The summed E-state index contributed by atoms with van der Waals surface area (Å²) in [6.45, 7) is 0.289. The highest BCUT2D eigenvalue weighted by Gasteiger charge is 1.99. The molecule has 15 heavy (non-hydrogen) atoms. The van der Waals surface area contributed by atoms with Crippen molar-refractivity contribution in [3.05, 3.63) is 51.9 Å². The Morgan fingerprint density at radius 1 is 1.47 bits per heavy atom. The molecule has 0 fully saturated rings. The topological polar surface area (TPSA) is 86.1 Å². The summed E-state index contributed by atoms with van der Waals surface area (Å²) in [7, 11) is 0. The summed E-state index contributed by atoms with van der Waals surface area (Å²) in [5.74, 6) is -0.945. The van der Waals surface area contributed by atoms with E-state index in [0.29, 0.717) is 0 Å². The maximum atomic E-state index is 10.5. The van der Waals surface area contributed by atoms with Crippen LogP contribution in [0.4, 0.5) is 0 Å². The third-order valence-electron chi connectivity index (χ3n) is 1.72. The predicted octanol–water partition coefficient (Wildman–Crippen LogP) is 2.71. The molecule has 0 amide bonds. The number of hydrogen-bond donors (Lipinski definition) is 1. The van der Waals surface area contributed by atoms with Crippen molar-refractivity contribution in [2.75, 3.05) is 6.54 Å². The minimum absolute atomic E-state index is 0.252. The Bertz CT molecular complexity index is 417. The van der Waals surface area contributed by atoms with Gasteiger partial charge in [0.05, 0.1) is 5.56 Å². The summed E-state index contributed by atoms with van der Waals surface area (Å²) in [5, 5.41) is 12.0. The first-order valence-corrected chi connectivity index (χ1v) is 4.25. The monoisotopic (exact) mass is 203 g/mol. The minimum Gasteiger partial charge on any atom is -0.478 e. The molecule has 0 aliphatic carbocycles. The van der Waals surface area contributed by atoms with E-state index in [4.69, 9.17) is 10.6 Å². The molecule has 1 aromatic rings. The van der Waals surface area contributed by atoms with E-state index < -0.39 is 5.97 Å². The fraction of sp³-hybridized carbons (Fsp3) is 0.100. The summed E-state index contributed by atoms with van der Waals surface area (Å²) < 4.78 is 0. The molecule has 0 aromatic heterocycles. The van der Waals surface area contributed by atoms with Crippen molar-refractivity contribution in [3.63, 3.8) is 0 Å². The third-order valence-corrected chi connectivity index (χ3v) is 1.72. The Morgan fingerprint density at radius 3 is 2.67 bits per heavy atom. The molecule has 5 heteroatoms. The first kappa shape index (κ1) is 10.8. The summed E-state index contributed by atoms with van der Waals surface area (Å²) in [6, 6.07) is 6.43. The van der Waals surface area contributed by atoms with Gasteiger partial charge in [0.25, 0.3) is 0 Å². The maximum Gasteiger partial charge on any atom is 0.335 e. The second-order valence-corrected chi connectivity index (χ2v) is 2.74. The van der Waals surface area contributed by atoms with Gasteiger partial charge in [0.1, 0.15) is 0 Å². The minimum atomic E-state index is -0.945. The summed E-state index contributed by atoms with van der Waals surface area (Å²) >= 11 is 0. The van der Waals surface area contributed by atoms with Gasteiger partial charge in [-0.05, 0) is 23.2 Å². The standard InChI is InChI=1S/C10H9N3O2/c11-13-12-7-1-2-8-3-5-9(6-4-8)10(14)15/h1-6H,7H2,(H,14,15). The molecule has 1 N–H and O–H groups in total. The summed E-state index contributed by atoms with van der Waals surface area (Å²) in [4.78, 5) is 13.1. The Balaban J connectivity index is 2.68. The molecule has 1 rings (SSSR count). The van der Waals surface area contributed by atoms with Crippen LogP contribution in [0, 0.1) is 0 Å². The summed E-state index contributed by atoms with van der Waals surface area (Å²) in [6.07, 6.45) is 3.47. The molecule has 0 radical (unpaired) electrons. The molecule has 0 heterocycles. The molecule has 0 saturated heterocycles. The average molecular weight is 203 g/mol. The van der Waals surface area contributed by atoms with Crippen molar-refractivity contribution in [3.8, 4) is 0 Å². The normalized spacial score (nSPS) is 9.87. The first-order chi connectivity index (χ1) is 7.24. The SMILES string of the molecule is [N-]=[N+]=NCC=Cc1ccc(C(=O)O)cc1. The van der Waals surface area contributed by atoms with Gasteiger partial charge in [0.15, 0.2) is 0 Å². The Morgan fingerprint density at radius 2 is 2.13 bits per heavy atom. The van der Waals surface area contributed by atoms with Crippen molar-refractivity contribution in [2.45, 2.75) is 0 Å². The highest BCUT2D eigenvalue weighted by atomic mass is 16.4. The van der Waals surface area contributed by atoms with Crippen molar-refractivity contribution in [1.29, 1.82) is 0 Å². The van der Waals surface area contributed by atoms with Crippen molar-refractivity contribution >= 4 is 12.0 Å². The highest BCUT2D eigenvalue weighted by Crippen LogP contribution is 2.06. The van der Waals surface area contributed by atoms with Crippen LogP contribution in [0.1, 0.15) is 15.9 Å². The molecule has 0 spiro atoms. The molecule has 0 aliphatic rings. The molecule has 0 atom stereocenters. The second kappa shape index (κ2) is 5.47.